The minimum atomic E-state index is 0. The minimum absolute atomic E-state index is 0. The standard InChI is InChI=1S/C11H15BrN2OS.ClH/c1-7(8-3-13-4-8)11(15)14-5-10-2-9(12)6-16-10;/h2,6-8,13H,3-5H2,1H3,(H,14,15);1H. The number of hydrogen-bond acceptors (Lipinski definition) is 3. The molecule has 1 aromatic rings. The van der Waals surface area contributed by atoms with Crippen LogP contribution >= 0.6 is 39.7 Å². The fourth-order valence-corrected chi connectivity index (χ4v) is 3.05. The number of halogens is 2. The molecule has 0 saturated carbocycles. The Morgan fingerprint density at radius 2 is 2.41 bits per heavy atom. The average molecular weight is 340 g/mol. The summed E-state index contributed by atoms with van der Waals surface area (Å²) in [4.78, 5) is 13.0. The number of thiophene rings is 1. The zero-order valence-corrected chi connectivity index (χ0v) is 12.8. The molecule has 2 rings (SSSR count). The lowest BCUT2D eigenvalue weighted by Gasteiger charge is -2.31. The number of amides is 1. The van der Waals surface area contributed by atoms with E-state index in [1.54, 1.807) is 11.3 Å². The van der Waals surface area contributed by atoms with E-state index in [1.165, 1.54) is 4.88 Å². The summed E-state index contributed by atoms with van der Waals surface area (Å²) in [5.74, 6) is 0.788. The van der Waals surface area contributed by atoms with Gasteiger partial charge in [-0.1, -0.05) is 6.92 Å². The van der Waals surface area contributed by atoms with Crippen molar-refractivity contribution in [3.8, 4) is 0 Å². The van der Waals surface area contributed by atoms with Crippen LogP contribution in [0.5, 0.6) is 0 Å². The van der Waals surface area contributed by atoms with Crippen LogP contribution in [-0.2, 0) is 11.3 Å². The van der Waals surface area contributed by atoms with Gasteiger partial charge >= 0.3 is 0 Å². The molecule has 1 fully saturated rings. The van der Waals surface area contributed by atoms with Crippen molar-refractivity contribution in [3.63, 3.8) is 0 Å². The molecule has 6 heteroatoms. The molecule has 0 aliphatic carbocycles. The van der Waals surface area contributed by atoms with Crippen molar-refractivity contribution in [1.82, 2.24) is 10.6 Å². The summed E-state index contributed by atoms with van der Waals surface area (Å²) in [5.41, 5.74) is 0. The lowest BCUT2D eigenvalue weighted by atomic mass is 9.88. The van der Waals surface area contributed by atoms with Gasteiger partial charge in [-0.15, -0.1) is 23.7 Å². The summed E-state index contributed by atoms with van der Waals surface area (Å²) >= 11 is 5.06. The van der Waals surface area contributed by atoms with Crippen LogP contribution in [-0.4, -0.2) is 19.0 Å². The second-order valence-electron chi connectivity index (χ2n) is 4.16. The van der Waals surface area contributed by atoms with Crippen molar-refractivity contribution in [2.45, 2.75) is 13.5 Å². The maximum absolute atomic E-state index is 11.8. The lowest BCUT2D eigenvalue weighted by molar-refractivity contribution is -0.126. The van der Waals surface area contributed by atoms with Gasteiger partial charge in [-0.05, 0) is 41.0 Å². The molecule has 2 N–H and O–H groups in total. The van der Waals surface area contributed by atoms with E-state index in [9.17, 15) is 4.79 Å². The Kier molecular flexibility index (Phi) is 5.92. The third kappa shape index (κ3) is 3.95. The van der Waals surface area contributed by atoms with E-state index in [2.05, 4.69) is 26.6 Å². The third-order valence-electron chi connectivity index (χ3n) is 2.99. The molecule has 1 saturated heterocycles. The first-order chi connectivity index (χ1) is 7.66. The van der Waals surface area contributed by atoms with E-state index in [1.807, 2.05) is 18.4 Å². The quantitative estimate of drug-likeness (QED) is 0.884. The Bertz CT molecular complexity index is 381. The van der Waals surface area contributed by atoms with Crippen LogP contribution in [0, 0.1) is 11.8 Å². The van der Waals surface area contributed by atoms with Crippen molar-refractivity contribution < 1.29 is 4.79 Å². The molecular weight excluding hydrogens is 324 g/mol. The van der Waals surface area contributed by atoms with Gasteiger partial charge in [0.15, 0.2) is 0 Å². The predicted octanol–water partition coefficient (Wildman–Crippen LogP) is 2.40. The fraction of sp³-hybridized carbons (Fsp3) is 0.545. The van der Waals surface area contributed by atoms with Gasteiger partial charge in [0.05, 0.1) is 6.54 Å². The average Bonchev–Trinajstić information content (AvgIpc) is 2.58. The second kappa shape index (κ2) is 6.73. The Hall–Kier alpha value is -0.100. The molecule has 1 aliphatic rings. The highest BCUT2D eigenvalue weighted by Crippen LogP contribution is 2.20. The van der Waals surface area contributed by atoms with Crippen LogP contribution < -0.4 is 10.6 Å². The SMILES string of the molecule is CC(C(=O)NCc1cc(Br)cs1)C1CNC1.Cl. The van der Waals surface area contributed by atoms with Crippen molar-refractivity contribution in [3.05, 3.63) is 20.8 Å². The fourth-order valence-electron chi connectivity index (χ4n) is 1.66. The molecule has 17 heavy (non-hydrogen) atoms. The summed E-state index contributed by atoms with van der Waals surface area (Å²) in [5, 5.41) is 8.20. The predicted molar refractivity (Wildman–Crippen MR) is 76.6 cm³/mol. The van der Waals surface area contributed by atoms with E-state index in [0.717, 1.165) is 17.6 Å². The Balaban J connectivity index is 0.00000144. The monoisotopic (exact) mass is 338 g/mol. The van der Waals surface area contributed by atoms with E-state index < -0.39 is 0 Å². The smallest absolute Gasteiger partial charge is 0.223 e. The molecule has 0 bridgehead atoms. The zero-order chi connectivity index (χ0) is 11.5. The number of nitrogens with one attached hydrogen (secondary N) is 2. The maximum Gasteiger partial charge on any atom is 0.223 e. The molecule has 1 unspecified atom stereocenters. The minimum Gasteiger partial charge on any atom is -0.351 e. The van der Waals surface area contributed by atoms with Gasteiger partial charge in [0.1, 0.15) is 0 Å². The van der Waals surface area contributed by atoms with E-state index in [0.29, 0.717) is 12.5 Å². The Morgan fingerprint density at radius 3 is 2.88 bits per heavy atom. The topological polar surface area (TPSA) is 41.1 Å². The molecule has 1 amide bonds. The van der Waals surface area contributed by atoms with Crippen LogP contribution in [0.25, 0.3) is 0 Å². The van der Waals surface area contributed by atoms with Gasteiger partial charge in [-0.3, -0.25) is 4.79 Å². The van der Waals surface area contributed by atoms with E-state index >= 15 is 0 Å². The van der Waals surface area contributed by atoms with E-state index in [4.69, 9.17) is 0 Å². The Labute approximate surface area is 120 Å². The Morgan fingerprint density at radius 1 is 1.71 bits per heavy atom. The summed E-state index contributed by atoms with van der Waals surface area (Å²) in [6.45, 7) is 4.59. The molecular formula is C11H16BrClN2OS. The number of carbonyl (C=O) groups is 1. The summed E-state index contributed by atoms with van der Waals surface area (Å²) in [6.07, 6.45) is 0. The zero-order valence-electron chi connectivity index (χ0n) is 9.53. The van der Waals surface area contributed by atoms with Crippen molar-refractivity contribution in [1.29, 1.82) is 0 Å². The first-order valence-corrected chi connectivity index (χ1v) is 7.05. The third-order valence-corrected chi connectivity index (χ3v) is 4.69. The van der Waals surface area contributed by atoms with Crippen LogP contribution in [0.1, 0.15) is 11.8 Å². The van der Waals surface area contributed by atoms with E-state index in [-0.39, 0.29) is 24.2 Å². The molecule has 1 aliphatic heterocycles. The molecule has 1 aromatic heterocycles. The number of rotatable bonds is 4. The molecule has 96 valence electrons. The van der Waals surface area contributed by atoms with Crippen LogP contribution in [0.15, 0.2) is 15.9 Å². The van der Waals surface area contributed by atoms with Crippen LogP contribution in [0.4, 0.5) is 0 Å². The van der Waals surface area contributed by atoms with Crippen LogP contribution in [0.2, 0.25) is 0 Å². The largest absolute Gasteiger partial charge is 0.351 e. The summed E-state index contributed by atoms with van der Waals surface area (Å²) < 4.78 is 1.08. The van der Waals surface area contributed by atoms with Gasteiger partial charge in [-0.2, -0.15) is 0 Å². The molecule has 3 nitrogen and oxygen atoms in total. The number of carbonyl (C=O) groups excluding carboxylic acids is 1. The molecule has 0 radical (unpaired) electrons. The normalized spacial score (nSPS) is 16.8. The van der Waals surface area contributed by atoms with Gasteiger partial charge in [-0.25, -0.2) is 0 Å². The first-order valence-electron chi connectivity index (χ1n) is 5.38. The first kappa shape index (κ1) is 15.0. The molecule has 1 atom stereocenters. The molecule has 2 heterocycles. The lowest BCUT2D eigenvalue weighted by Crippen LogP contribution is -2.49. The van der Waals surface area contributed by atoms with Gasteiger partial charge in [0.2, 0.25) is 5.91 Å². The highest BCUT2D eigenvalue weighted by Gasteiger charge is 2.28. The van der Waals surface area contributed by atoms with Gasteiger partial charge in [0.25, 0.3) is 0 Å². The van der Waals surface area contributed by atoms with Gasteiger partial charge in [0, 0.05) is 20.6 Å². The van der Waals surface area contributed by atoms with Crippen molar-refractivity contribution in [2.24, 2.45) is 11.8 Å². The highest BCUT2D eigenvalue weighted by molar-refractivity contribution is 9.10. The maximum atomic E-state index is 11.8. The summed E-state index contributed by atoms with van der Waals surface area (Å²) in [6, 6.07) is 2.04. The van der Waals surface area contributed by atoms with Crippen molar-refractivity contribution >= 4 is 45.6 Å². The second-order valence-corrected chi connectivity index (χ2v) is 6.07. The van der Waals surface area contributed by atoms with Gasteiger partial charge < -0.3 is 10.6 Å². The number of hydrogen-bond donors (Lipinski definition) is 2. The van der Waals surface area contributed by atoms with Crippen molar-refractivity contribution in [2.75, 3.05) is 13.1 Å². The van der Waals surface area contributed by atoms with Crippen LogP contribution in [0.3, 0.4) is 0 Å². The highest BCUT2D eigenvalue weighted by atomic mass is 79.9. The summed E-state index contributed by atoms with van der Waals surface area (Å²) in [7, 11) is 0. The molecule has 0 spiro atoms. The molecule has 0 aromatic carbocycles.